The molecule has 1 fully saturated rings. The molecule has 0 aromatic rings. The van der Waals surface area contributed by atoms with Crippen molar-refractivity contribution in [2.24, 2.45) is 5.92 Å². The van der Waals surface area contributed by atoms with Gasteiger partial charge >= 0.3 is 0 Å². The van der Waals surface area contributed by atoms with Crippen molar-refractivity contribution in [1.29, 1.82) is 0 Å². The minimum absolute atomic E-state index is 0.0347. The van der Waals surface area contributed by atoms with Crippen LogP contribution in [0, 0.1) is 5.92 Å². The quantitative estimate of drug-likeness (QED) is 0.751. The average molecular weight is 228 g/mol. The third-order valence-corrected chi connectivity index (χ3v) is 2.96. The van der Waals surface area contributed by atoms with Gasteiger partial charge in [0.2, 0.25) is 0 Å². The van der Waals surface area contributed by atoms with Gasteiger partial charge in [-0.15, -0.1) is 0 Å². The molecule has 0 saturated carbocycles. The van der Waals surface area contributed by atoms with Crippen molar-refractivity contribution in [2.75, 3.05) is 6.61 Å². The van der Waals surface area contributed by atoms with Crippen molar-refractivity contribution in [3.05, 3.63) is 12.2 Å². The average Bonchev–Trinajstić information content (AvgIpc) is 2.21. The second kappa shape index (κ2) is 5.80. The second-order valence-corrected chi connectivity index (χ2v) is 4.90. The Morgan fingerprint density at radius 2 is 2.00 bits per heavy atom. The number of aliphatic hydroxyl groups is 1. The van der Waals surface area contributed by atoms with Gasteiger partial charge in [0.25, 0.3) is 0 Å². The molecule has 1 saturated heterocycles. The van der Waals surface area contributed by atoms with Gasteiger partial charge in [-0.25, -0.2) is 0 Å². The molecule has 0 amide bonds. The van der Waals surface area contributed by atoms with Crippen molar-refractivity contribution >= 4 is 0 Å². The lowest BCUT2D eigenvalue weighted by Crippen LogP contribution is -2.49. The van der Waals surface area contributed by atoms with E-state index < -0.39 is 5.79 Å². The molecule has 0 aromatic carbocycles. The van der Waals surface area contributed by atoms with E-state index in [1.54, 1.807) is 6.08 Å². The number of ether oxygens (including phenoxy) is 2. The number of rotatable bonds is 4. The molecule has 0 aliphatic carbocycles. The van der Waals surface area contributed by atoms with E-state index in [-0.39, 0.29) is 18.8 Å². The molecule has 0 spiro atoms. The fourth-order valence-electron chi connectivity index (χ4n) is 2.16. The SMILES string of the molecule is CCC[C@@H]1OC(C)(C)O[C@@H](/C=C/CO)[C@H]1C. The third kappa shape index (κ3) is 3.58. The van der Waals surface area contributed by atoms with Gasteiger partial charge in [-0.1, -0.05) is 32.4 Å². The Morgan fingerprint density at radius 3 is 2.56 bits per heavy atom. The van der Waals surface area contributed by atoms with Crippen LogP contribution in [0.15, 0.2) is 12.2 Å². The minimum atomic E-state index is -0.531. The van der Waals surface area contributed by atoms with Gasteiger partial charge in [0.15, 0.2) is 5.79 Å². The molecule has 94 valence electrons. The van der Waals surface area contributed by atoms with Crippen LogP contribution in [0.25, 0.3) is 0 Å². The Labute approximate surface area is 98.4 Å². The molecule has 3 atom stereocenters. The standard InChI is InChI=1S/C13H24O3/c1-5-7-11-10(2)12(8-6-9-14)16-13(3,4)15-11/h6,8,10-12,14H,5,7,9H2,1-4H3/b8-6+/t10-,11-,12-/m0/s1. The summed E-state index contributed by atoms with van der Waals surface area (Å²) in [7, 11) is 0. The highest BCUT2D eigenvalue weighted by molar-refractivity contribution is 4.97. The normalized spacial score (nSPS) is 34.4. The van der Waals surface area contributed by atoms with E-state index in [0.29, 0.717) is 5.92 Å². The fraction of sp³-hybridized carbons (Fsp3) is 0.846. The zero-order valence-electron chi connectivity index (χ0n) is 10.8. The van der Waals surface area contributed by atoms with Crippen molar-refractivity contribution in [2.45, 2.75) is 58.5 Å². The Bertz CT molecular complexity index is 235. The number of hydrogen-bond acceptors (Lipinski definition) is 3. The molecule has 0 aromatic heterocycles. The smallest absolute Gasteiger partial charge is 0.163 e. The van der Waals surface area contributed by atoms with Crippen molar-refractivity contribution in [3.8, 4) is 0 Å². The lowest BCUT2D eigenvalue weighted by atomic mass is 9.92. The molecular formula is C13H24O3. The molecule has 0 bridgehead atoms. The van der Waals surface area contributed by atoms with Crippen molar-refractivity contribution in [3.63, 3.8) is 0 Å². The maximum Gasteiger partial charge on any atom is 0.163 e. The maximum absolute atomic E-state index is 8.81. The Balaban J connectivity index is 2.72. The first-order valence-electron chi connectivity index (χ1n) is 6.13. The highest BCUT2D eigenvalue weighted by atomic mass is 16.7. The van der Waals surface area contributed by atoms with Gasteiger partial charge in [-0.05, 0) is 20.3 Å². The van der Waals surface area contributed by atoms with E-state index in [1.165, 1.54) is 0 Å². The molecule has 3 heteroatoms. The summed E-state index contributed by atoms with van der Waals surface area (Å²) in [5.74, 6) is -0.202. The van der Waals surface area contributed by atoms with Gasteiger partial charge in [0, 0.05) is 5.92 Å². The van der Waals surface area contributed by atoms with Gasteiger partial charge < -0.3 is 14.6 Å². The van der Waals surface area contributed by atoms with Gasteiger partial charge in [0.1, 0.15) is 0 Å². The molecule has 1 rings (SSSR count). The van der Waals surface area contributed by atoms with E-state index in [1.807, 2.05) is 19.9 Å². The monoisotopic (exact) mass is 228 g/mol. The molecule has 3 nitrogen and oxygen atoms in total. The summed E-state index contributed by atoms with van der Waals surface area (Å²) in [6.45, 7) is 8.26. The number of aliphatic hydroxyl groups excluding tert-OH is 1. The van der Waals surface area contributed by atoms with E-state index in [2.05, 4.69) is 13.8 Å². The van der Waals surface area contributed by atoms with Crippen LogP contribution in [0.4, 0.5) is 0 Å². The van der Waals surface area contributed by atoms with E-state index in [4.69, 9.17) is 14.6 Å². The van der Waals surface area contributed by atoms with Gasteiger partial charge in [0.05, 0.1) is 18.8 Å². The molecule has 1 aliphatic heterocycles. The molecule has 0 radical (unpaired) electrons. The summed E-state index contributed by atoms with van der Waals surface area (Å²) >= 11 is 0. The van der Waals surface area contributed by atoms with Crippen LogP contribution in [-0.2, 0) is 9.47 Å². The Hall–Kier alpha value is -0.380. The topological polar surface area (TPSA) is 38.7 Å². The summed E-state index contributed by atoms with van der Waals surface area (Å²) in [5.41, 5.74) is 0. The van der Waals surface area contributed by atoms with E-state index in [9.17, 15) is 0 Å². The lowest BCUT2D eigenvalue weighted by molar-refractivity contribution is -0.309. The van der Waals surface area contributed by atoms with E-state index >= 15 is 0 Å². The summed E-state index contributed by atoms with van der Waals surface area (Å²) in [4.78, 5) is 0. The zero-order chi connectivity index (χ0) is 12.2. The van der Waals surface area contributed by atoms with E-state index in [0.717, 1.165) is 12.8 Å². The lowest BCUT2D eigenvalue weighted by Gasteiger charge is -2.44. The van der Waals surface area contributed by atoms with Crippen LogP contribution in [-0.4, -0.2) is 29.7 Å². The predicted octanol–water partition coefficient (Wildman–Crippen LogP) is 2.49. The van der Waals surface area contributed by atoms with Crippen LogP contribution in [0.3, 0.4) is 0 Å². The maximum atomic E-state index is 8.81. The summed E-state index contributed by atoms with van der Waals surface area (Å²) in [6.07, 6.45) is 6.12. The predicted molar refractivity (Wildman–Crippen MR) is 64.1 cm³/mol. The van der Waals surface area contributed by atoms with Crippen LogP contribution >= 0.6 is 0 Å². The molecule has 0 unspecified atom stereocenters. The third-order valence-electron chi connectivity index (χ3n) is 2.96. The van der Waals surface area contributed by atoms with Crippen LogP contribution in [0.5, 0.6) is 0 Å². The first kappa shape index (κ1) is 13.7. The Kier molecular flexibility index (Phi) is 4.96. The van der Waals surface area contributed by atoms with Crippen LogP contribution in [0.1, 0.15) is 40.5 Å². The minimum Gasteiger partial charge on any atom is -0.392 e. The summed E-state index contributed by atoms with van der Waals surface area (Å²) in [5, 5.41) is 8.81. The summed E-state index contributed by atoms with van der Waals surface area (Å²) in [6, 6.07) is 0. The fourth-order valence-corrected chi connectivity index (χ4v) is 2.16. The van der Waals surface area contributed by atoms with Crippen LogP contribution < -0.4 is 0 Å². The first-order valence-corrected chi connectivity index (χ1v) is 6.13. The summed E-state index contributed by atoms with van der Waals surface area (Å²) < 4.78 is 11.8. The molecule has 1 aliphatic rings. The molecular weight excluding hydrogens is 204 g/mol. The highest BCUT2D eigenvalue weighted by Gasteiger charge is 2.39. The molecule has 1 heterocycles. The van der Waals surface area contributed by atoms with Crippen LogP contribution in [0.2, 0.25) is 0 Å². The van der Waals surface area contributed by atoms with Gasteiger partial charge in [-0.3, -0.25) is 0 Å². The second-order valence-electron chi connectivity index (χ2n) is 4.90. The van der Waals surface area contributed by atoms with Crippen molar-refractivity contribution in [1.82, 2.24) is 0 Å². The largest absolute Gasteiger partial charge is 0.392 e. The first-order chi connectivity index (χ1) is 7.50. The molecule has 16 heavy (non-hydrogen) atoms. The number of hydrogen-bond donors (Lipinski definition) is 1. The highest BCUT2D eigenvalue weighted by Crippen LogP contribution is 2.33. The van der Waals surface area contributed by atoms with Crippen molar-refractivity contribution < 1.29 is 14.6 Å². The zero-order valence-corrected chi connectivity index (χ0v) is 10.8. The molecule has 1 N–H and O–H groups in total. The Morgan fingerprint density at radius 1 is 1.31 bits per heavy atom. The van der Waals surface area contributed by atoms with Gasteiger partial charge in [-0.2, -0.15) is 0 Å².